The highest BCUT2D eigenvalue weighted by Gasteiger charge is 2.22. The molecule has 2 aromatic heterocycles. The molecular weight excluding hydrogens is 621 g/mol. The van der Waals surface area contributed by atoms with E-state index in [1.54, 1.807) is 0 Å². The van der Waals surface area contributed by atoms with Crippen molar-refractivity contribution in [3.05, 3.63) is 182 Å². The molecule has 51 heavy (non-hydrogen) atoms. The minimum absolute atomic E-state index is 0.870. The van der Waals surface area contributed by atoms with E-state index in [1.807, 2.05) is 6.07 Å². The molecule has 0 saturated carbocycles. The first-order chi connectivity index (χ1) is 25.3. The van der Waals surface area contributed by atoms with Crippen molar-refractivity contribution < 1.29 is 4.42 Å². The molecule has 11 rings (SSSR count). The maximum atomic E-state index is 6.67. The highest BCUT2D eigenvalue weighted by atomic mass is 16.3. The third-order valence-corrected chi connectivity index (χ3v) is 10.5. The molecule has 0 aliphatic rings. The Bertz CT molecular complexity index is 3150. The summed E-state index contributed by atoms with van der Waals surface area (Å²) in [5.41, 5.74) is 8.40. The molecule has 0 saturated heterocycles. The monoisotopic (exact) mass is 650 g/mol. The second-order valence-electron chi connectivity index (χ2n) is 13.3. The molecule has 3 nitrogen and oxygen atoms in total. The van der Waals surface area contributed by atoms with Crippen molar-refractivity contribution >= 4 is 93.1 Å². The van der Waals surface area contributed by atoms with Gasteiger partial charge < -0.3 is 13.9 Å². The summed E-state index contributed by atoms with van der Waals surface area (Å²) in [5, 5.41) is 12.2. The molecule has 0 spiro atoms. The van der Waals surface area contributed by atoms with Crippen molar-refractivity contribution in [2.75, 3.05) is 4.90 Å². The molecule has 0 bridgehead atoms. The van der Waals surface area contributed by atoms with Gasteiger partial charge in [-0.25, -0.2) is 0 Å². The van der Waals surface area contributed by atoms with Gasteiger partial charge in [0.25, 0.3) is 0 Å². The van der Waals surface area contributed by atoms with Crippen LogP contribution in [-0.4, -0.2) is 4.57 Å². The topological polar surface area (TPSA) is 21.3 Å². The molecule has 0 radical (unpaired) electrons. The Balaban J connectivity index is 1.20. The lowest BCUT2D eigenvalue weighted by Crippen LogP contribution is -2.10. The van der Waals surface area contributed by atoms with E-state index < -0.39 is 0 Å². The van der Waals surface area contributed by atoms with Crippen molar-refractivity contribution in [3.63, 3.8) is 0 Å². The molecule has 0 N–H and O–H groups in total. The maximum Gasteiger partial charge on any atom is 0.159 e. The summed E-state index contributed by atoms with van der Waals surface area (Å²) in [7, 11) is 0. The Morgan fingerprint density at radius 1 is 0.392 bits per heavy atom. The predicted molar refractivity (Wildman–Crippen MR) is 215 cm³/mol. The number of hydrogen-bond donors (Lipinski definition) is 0. The van der Waals surface area contributed by atoms with E-state index in [2.05, 4.69) is 185 Å². The van der Waals surface area contributed by atoms with Crippen LogP contribution in [0.3, 0.4) is 0 Å². The Morgan fingerprint density at radius 3 is 1.94 bits per heavy atom. The van der Waals surface area contributed by atoms with E-state index in [-0.39, 0.29) is 0 Å². The van der Waals surface area contributed by atoms with Crippen LogP contribution in [0, 0.1) is 0 Å². The summed E-state index contributed by atoms with van der Waals surface area (Å²) in [6, 6.07) is 65.5. The van der Waals surface area contributed by atoms with Gasteiger partial charge in [0.1, 0.15) is 5.58 Å². The van der Waals surface area contributed by atoms with Crippen LogP contribution in [0.2, 0.25) is 0 Å². The number of hydrogen-bond acceptors (Lipinski definition) is 2. The predicted octanol–water partition coefficient (Wildman–Crippen LogP) is 13.6. The zero-order valence-corrected chi connectivity index (χ0v) is 27.6. The second-order valence-corrected chi connectivity index (χ2v) is 13.3. The highest BCUT2D eigenvalue weighted by molar-refractivity contribution is 6.21. The molecule has 0 aliphatic carbocycles. The molecule has 238 valence electrons. The van der Waals surface area contributed by atoms with E-state index in [0.29, 0.717) is 0 Å². The molecule has 0 unspecified atom stereocenters. The molecule has 0 amide bonds. The van der Waals surface area contributed by atoms with E-state index in [9.17, 15) is 0 Å². The quantitative estimate of drug-likeness (QED) is 0.177. The zero-order chi connectivity index (χ0) is 33.5. The van der Waals surface area contributed by atoms with Gasteiger partial charge in [0.05, 0.1) is 16.7 Å². The van der Waals surface area contributed by atoms with Crippen LogP contribution in [0.1, 0.15) is 0 Å². The number of furan rings is 1. The Kier molecular flexibility index (Phi) is 5.96. The molecule has 2 heterocycles. The molecule has 3 heteroatoms. The Labute approximate surface area is 293 Å². The summed E-state index contributed by atoms with van der Waals surface area (Å²) in [4.78, 5) is 2.37. The average molecular weight is 651 g/mol. The lowest BCUT2D eigenvalue weighted by Gasteiger charge is -2.26. The van der Waals surface area contributed by atoms with Gasteiger partial charge in [0.15, 0.2) is 5.58 Å². The fourth-order valence-electron chi connectivity index (χ4n) is 8.25. The zero-order valence-electron chi connectivity index (χ0n) is 27.6. The molecule has 0 fully saturated rings. The van der Waals surface area contributed by atoms with E-state index >= 15 is 0 Å². The van der Waals surface area contributed by atoms with Crippen molar-refractivity contribution in [2.45, 2.75) is 0 Å². The van der Waals surface area contributed by atoms with Crippen LogP contribution in [-0.2, 0) is 0 Å². The van der Waals surface area contributed by atoms with Crippen molar-refractivity contribution in [3.8, 4) is 5.69 Å². The second kappa shape index (κ2) is 10.8. The number of rotatable bonds is 4. The Hall–Kier alpha value is -6.84. The molecular formula is C48H30N2O. The third kappa shape index (κ3) is 4.19. The van der Waals surface area contributed by atoms with Crippen LogP contribution in [0.4, 0.5) is 17.1 Å². The highest BCUT2D eigenvalue weighted by Crippen LogP contribution is 2.45. The number of anilines is 3. The van der Waals surface area contributed by atoms with Crippen LogP contribution >= 0.6 is 0 Å². The lowest BCUT2D eigenvalue weighted by atomic mass is 9.96. The summed E-state index contributed by atoms with van der Waals surface area (Å²) in [6.45, 7) is 0. The first-order valence-electron chi connectivity index (χ1n) is 17.4. The van der Waals surface area contributed by atoms with E-state index in [4.69, 9.17) is 4.42 Å². The largest absolute Gasteiger partial charge is 0.454 e. The molecule has 0 atom stereocenters. The first kappa shape index (κ1) is 28.0. The van der Waals surface area contributed by atoms with Gasteiger partial charge in [0, 0.05) is 38.6 Å². The minimum Gasteiger partial charge on any atom is -0.454 e. The minimum atomic E-state index is 0.870. The smallest absolute Gasteiger partial charge is 0.159 e. The van der Waals surface area contributed by atoms with Crippen molar-refractivity contribution in [1.29, 1.82) is 0 Å². The SMILES string of the molecule is c1ccc(-n2c3ccccc3c3cc(N(c4ccc5c(ccc6ccc7ccccc7c65)c4)c4cccc5c4oc4ccccc45)ccc32)cc1. The van der Waals surface area contributed by atoms with Crippen molar-refractivity contribution in [1.82, 2.24) is 4.57 Å². The van der Waals surface area contributed by atoms with Gasteiger partial charge in [-0.15, -0.1) is 0 Å². The van der Waals surface area contributed by atoms with Gasteiger partial charge in [-0.2, -0.15) is 0 Å². The first-order valence-corrected chi connectivity index (χ1v) is 17.4. The maximum absolute atomic E-state index is 6.67. The molecule has 11 aromatic rings. The average Bonchev–Trinajstić information content (AvgIpc) is 3.74. The van der Waals surface area contributed by atoms with E-state index in [0.717, 1.165) is 44.7 Å². The summed E-state index contributed by atoms with van der Waals surface area (Å²) in [6.07, 6.45) is 0. The summed E-state index contributed by atoms with van der Waals surface area (Å²) in [5.74, 6) is 0. The van der Waals surface area contributed by atoms with Gasteiger partial charge in [-0.3, -0.25) is 0 Å². The summed E-state index contributed by atoms with van der Waals surface area (Å²) < 4.78 is 9.04. The Morgan fingerprint density at radius 2 is 1.04 bits per heavy atom. The lowest BCUT2D eigenvalue weighted by molar-refractivity contribution is 0.669. The van der Waals surface area contributed by atoms with Crippen LogP contribution in [0.5, 0.6) is 0 Å². The fraction of sp³-hybridized carbons (Fsp3) is 0. The fourth-order valence-corrected chi connectivity index (χ4v) is 8.25. The van der Waals surface area contributed by atoms with Crippen LogP contribution in [0.15, 0.2) is 186 Å². The number of nitrogens with zero attached hydrogens (tertiary/aromatic N) is 2. The van der Waals surface area contributed by atoms with Gasteiger partial charge in [-0.1, -0.05) is 121 Å². The number of benzene rings is 9. The normalized spacial score (nSPS) is 11.9. The molecule has 9 aromatic carbocycles. The number of fused-ring (bicyclic) bond motifs is 11. The van der Waals surface area contributed by atoms with Gasteiger partial charge in [0.2, 0.25) is 0 Å². The van der Waals surface area contributed by atoms with Crippen LogP contribution in [0.25, 0.3) is 81.7 Å². The van der Waals surface area contributed by atoms with Crippen molar-refractivity contribution in [2.24, 2.45) is 0 Å². The number of para-hydroxylation sites is 4. The van der Waals surface area contributed by atoms with Gasteiger partial charge in [-0.05, 0) is 93.0 Å². The standard InChI is InChI=1S/C48H30N2O/c1-2-12-34(13-3-1)50-43-18-8-6-15-39(43)42-30-36(26-28-44(42)50)49(45-19-10-17-41-40-16-7-9-20-46(40)51-48(41)45)35-25-27-38-33(29-35)24-23-32-22-21-31-11-4-5-14-37(31)47(32)38/h1-30H. The molecule has 0 aliphatic heterocycles. The third-order valence-electron chi connectivity index (χ3n) is 10.5. The van der Waals surface area contributed by atoms with E-state index in [1.165, 1.54) is 54.1 Å². The summed E-state index contributed by atoms with van der Waals surface area (Å²) >= 11 is 0. The van der Waals surface area contributed by atoms with Gasteiger partial charge >= 0.3 is 0 Å². The van der Waals surface area contributed by atoms with Crippen LogP contribution < -0.4 is 4.90 Å². The number of aromatic nitrogens is 1.